The Morgan fingerprint density at radius 3 is 2.44 bits per heavy atom. The monoisotopic (exact) mass is 375 g/mol. The maximum absolute atomic E-state index is 13.4. The van der Waals surface area contributed by atoms with E-state index in [2.05, 4.69) is 0 Å². The summed E-state index contributed by atoms with van der Waals surface area (Å²) in [5.74, 6) is -2.56. The van der Waals surface area contributed by atoms with Crippen molar-refractivity contribution in [2.45, 2.75) is 12.8 Å². The Morgan fingerprint density at radius 1 is 1.22 bits per heavy atom. The van der Waals surface area contributed by atoms with Crippen molar-refractivity contribution in [1.82, 2.24) is 9.13 Å². The third-order valence-electron chi connectivity index (χ3n) is 4.39. The van der Waals surface area contributed by atoms with E-state index in [-0.39, 0.29) is 29.5 Å². The minimum Gasteiger partial charge on any atom is -0.462 e. The summed E-state index contributed by atoms with van der Waals surface area (Å²) in [7, 11) is 2.74. The molecule has 0 saturated heterocycles. The highest BCUT2D eigenvalue weighted by Crippen LogP contribution is 2.40. The van der Waals surface area contributed by atoms with E-state index in [4.69, 9.17) is 15.2 Å². The first kappa shape index (κ1) is 18.4. The number of carbonyl (C=O) groups excluding carboxylic acids is 1. The van der Waals surface area contributed by atoms with Crippen LogP contribution in [0.1, 0.15) is 24.0 Å². The molecule has 0 amide bonds. The minimum atomic E-state index is -0.973. The van der Waals surface area contributed by atoms with E-state index >= 15 is 0 Å². The molecule has 1 aliphatic heterocycles. The van der Waals surface area contributed by atoms with Crippen LogP contribution in [0.4, 0.5) is 4.39 Å². The quantitative estimate of drug-likeness (QED) is 0.783. The van der Waals surface area contributed by atoms with Gasteiger partial charge >= 0.3 is 11.7 Å². The van der Waals surface area contributed by atoms with Gasteiger partial charge in [0.2, 0.25) is 11.8 Å². The van der Waals surface area contributed by atoms with Gasteiger partial charge in [-0.05, 0) is 24.6 Å². The van der Waals surface area contributed by atoms with Crippen molar-refractivity contribution in [3.63, 3.8) is 0 Å². The molecule has 8 nitrogen and oxygen atoms in total. The van der Waals surface area contributed by atoms with Crippen LogP contribution < -0.4 is 21.7 Å². The molecule has 0 bridgehead atoms. The number of halogens is 1. The number of ether oxygens (including phenoxy) is 2. The van der Waals surface area contributed by atoms with Crippen LogP contribution in [-0.2, 0) is 23.6 Å². The number of nitrogens with two attached hydrogens (primary N) is 1. The number of fused-ring (bicyclic) bond motifs is 1. The number of aromatic nitrogens is 2. The maximum Gasteiger partial charge on any atom is 0.340 e. The summed E-state index contributed by atoms with van der Waals surface area (Å²) >= 11 is 0. The molecule has 2 aromatic rings. The lowest BCUT2D eigenvalue weighted by Gasteiger charge is -2.29. The number of benzene rings is 1. The van der Waals surface area contributed by atoms with Crippen molar-refractivity contribution in [3.8, 4) is 5.88 Å². The number of nitrogens with zero attached hydrogens (tertiary/aromatic N) is 2. The molecule has 0 fully saturated rings. The fourth-order valence-electron chi connectivity index (χ4n) is 3.08. The molecule has 1 aliphatic rings. The zero-order chi connectivity index (χ0) is 19.9. The summed E-state index contributed by atoms with van der Waals surface area (Å²) < 4.78 is 26.0. The predicted molar refractivity (Wildman–Crippen MR) is 93.6 cm³/mol. The Balaban J connectivity index is 2.37. The lowest BCUT2D eigenvalue weighted by molar-refractivity contribution is -0.139. The van der Waals surface area contributed by atoms with Crippen LogP contribution >= 0.6 is 0 Å². The smallest absolute Gasteiger partial charge is 0.340 e. The Labute approximate surface area is 153 Å². The van der Waals surface area contributed by atoms with Gasteiger partial charge in [0, 0.05) is 14.1 Å². The number of esters is 1. The zero-order valence-electron chi connectivity index (χ0n) is 15.0. The fourth-order valence-corrected chi connectivity index (χ4v) is 3.08. The first-order valence-electron chi connectivity index (χ1n) is 8.17. The average Bonchev–Trinajstić information content (AvgIpc) is 2.64. The van der Waals surface area contributed by atoms with Gasteiger partial charge in [-0.3, -0.25) is 13.9 Å². The first-order chi connectivity index (χ1) is 12.8. The van der Waals surface area contributed by atoms with E-state index in [1.165, 1.54) is 38.4 Å². The Bertz CT molecular complexity index is 1070. The summed E-state index contributed by atoms with van der Waals surface area (Å²) in [6.07, 6.45) is 0. The van der Waals surface area contributed by atoms with E-state index in [0.29, 0.717) is 5.56 Å². The molecule has 3 rings (SSSR count). The van der Waals surface area contributed by atoms with Crippen LogP contribution in [0.15, 0.2) is 45.3 Å². The van der Waals surface area contributed by atoms with Crippen LogP contribution in [-0.4, -0.2) is 21.7 Å². The Hall–Kier alpha value is -3.36. The van der Waals surface area contributed by atoms with Crippen LogP contribution in [0.3, 0.4) is 0 Å². The van der Waals surface area contributed by atoms with E-state index in [0.717, 1.165) is 9.13 Å². The molecule has 1 atom stereocenters. The van der Waals surface area contributed by atoms with Crippen LogP contribution in [0.5, 0.6) is 5.88 Å². The van der Waals surface area contributed by atoms with Gasteiger partial charge in [0.05, 0.1) is 18.1 Å². The average molecular weight is 375 g/mol. The van der Waals surface area contributed by atoms with Gasteiger partial charge in [-0.1, -0.05) is 12.1 Å². The zero-order valence-corrected chi connectivity index (χ0v) is 15.0. The fraction of sp³-hybridized carbons (Fsp3) is 0.278. The highest BCUT2D eigenvalue weighted by atomic mass is 19.1. The molecule has 0 aliphatic carbocycles. The van der Waals surface area contributed by atoms with Gasteiger partial charge in [0.15, 0.2) is 0 Å². The van der Waals surface area contributed by atoms with Gasteiger partial charge < -0.3 is 15.2 Å². The van der Waals surface area contributed by atoms with E-state index in [9.17, 15) is 18.8 Å². The molecule has 27 heavy (non-hydrogen) atoms. The number of hydrogen-bond donors (Lipinski definition) is 1. The predicted octanol–water partition coefficient (Wildman–Crippen LogP) is 0.481. The molecule has 0 radical (unpaired) electrons. The van der Waals surface area contributed by atoms with Crippen molar-refractivity contribution < 1.29 is 18.7 Å². The third kappa shape index (κ3) is 2.90. The van der Waals surface area contributed by atoms with Gasteiger partial charge in [0.1, 0.15) is 11.4 Å². The topological polar surface area (TPSA) is 106 Å². The van der Waals surface area contributed by atoms with Crippen molar-refractivity contribution in [2.75, 3.05) is 6.61 Å². The molecule has 9 heteroatoms. The molecular weight excluding hydrogens is 357 g/mol. The number of carbonyl (C=O) groups is 1. The molecule has 2 N–H and O–H groups in total. The molecule has 0 unspecified atom stereocenters. The third-order valence-corrected chi connectivity index (χ3v) is 4.39. The Morgan fingerprint density at radius 2 is 1.85 bits per heavy atom. The summed E-state index contributed by atoms with van der Waals surface area (Å²) in [5, 5.41) is 0. The SMILES string of the molecule is CCOC(=O)C1=C(N)Oc2c(c(=O)n(C)c(=O)n2C)[C@H]1c1ccc(F)cc1. The molecular formula is C18H18FN3O5. The maximum atomic E-state index is 13.4. The summed E-state index contributed by atoms with van der Waals surface area (Å²) in [5.41, 5.74) is 5.10. The minimum absolute atomic E-state index is 0.0449. The van der Waals surface area contributed by atoms with Gasteiger partial charge in [-0.25, -0.2) is 14.0 Å². The van der Waals surface area contributed by atoms with Crippen molar-refractivity contribution in [1.29, 1.82) is 0 Å². The second kappa shape index (κ2) is 6.75. The Kier molecular flexibility index (Phi) is 4.61. The normalized spacial score (nSPS) is 15.9. The highest BCUT2D eigenvalue weighted by Gasteiger charge is 2.39. The standard InChI is InChI=1S/C18H18FN3O5/c1-4-26-17(24)12-11(9-5-7-10(19)8-6-9)13-15(23)21(2)18(25)22(3)16(13)27-14(12)20/h5-8,11H,4,20H2,1-3H3/t11-/m0/s1. The van der Waals surface area contributed by atoms with Crippen molar-refractivity contribution in [3.05, 3.63) is 73.5 Å². The summed E-state index contributed by atoms with van der Waals surface area (Å²) in [6.45, 7) is 1.71. The first-order valence-corrected chi connectivity index (χ1v) is 8.17. The molecule has 1 aromatic heterocycles. The van der Waals surface area contributed by atoms with Gasteiger partial charge in [0.25, 0.3) is 5.56 Å². The largest absolute Gasteiger partial charge is 0.462 e. The molecule has 0 saturated carbocycles. The summed E-state index contributed by atoms with van der Waals surface area (Å²) in [4.78, 5) is 37.6. The number of rotatable bonds is 3. The second-order valence-electron chi connectivity index (χ2n) is 6.01. The molecule has 1 aromatic carbocycles. The highest BCUT2D eigenvalue weighted by molar-refractivity contribution is 5.92. The van der Waals surface area contributed by atoms with E-state index in [1.54, 1.807) is 6.92 Å². The van der Waals surface area contributed by atoms with Crippen molar-refractivity contribution >= 4 is 5.97 Å². The molecule has 2 heterocycles. The lowest BCUT2D eigenvalue weighted by Crippen LogP contribution is -2.43. The van der Waals surface area contributed by atoms with Gasteiger partial charge in [-0.15, -0.1) is 0 Å². The van der Waals surface area contributed by atoms with E-state index in [1.807, 2.05) is 0 Å². The lowest BCUT2D eigenvalue weighted by atomic mass is 9.84. The molecule has 0 spiro atoms. The second-order valence-corrected chi connectivity index (χ2v) is 6.01. The van der Waals surface area contributed by atoms with Crippen LogP contribution in [0.2, 0.25) is 0 Å². The summed E-state index contributed by atoms with van der Waals surface area (Å²) in [6, 6.07) is 5.28. The molecule has 142 valence electrons. The van der Waals surface area contributed by atoms with Crippen LogP contribution in [0.25, 0.3) is 0 Å². The number of hydrogen-bond acceptors (Lipinski definition) is 6. The van der Waals surface area contributed by atoms with Crippen molar-refractivity contribution in [2.24, 2.45) is 19.8 Å². The van der Waals surface area contributed by atoms with Crippen LogP contribution in [0, 0.1) is 5.82 Å². The van der Waals surface area contributed by atoms with Gasteiger partial charge in [-0.2, -0.15) is 0 Å². The van der Waals surface area contributed by atoms with E-state index < -0.39 is 29.0 Å².